The standard InChI is InChI=1S/C12H17FN2O4S/c13-11-2-1-3-12(10-11)19-7-4-14-20(16,17)15-5-8-18-9-6-15/h1-3,10,14H,4-9H2. The van der Waals surface area contributed by atoms with Crippen LogP contribution in [0.4, 0.5) is 4.39 Å². The van der Waals surface area contributed by atoms with Crippen molar-refractivity contribution in [2.45, 2.75) is 0 Å². The fraction of sp³-hybridized carbons (Fsp3) is 0.500. The normalized spacial score (nSPS) is 17.1. The minimum atomic E-state index is -3.50. The van der Waals surface area contributed by atoms with Crippen molar-refractivity contribution in [3.8, 4) is 5.75 Å². The Labute approximate surface area is 117 Å². The summed E-state index contributed by atoms with van der Waals surface area (Å²) in [5.74, 6) is -0.0213. The first-order chi connectivity index (χ1) is 9.58. The van der Waals surface area contributed by atoms with E-state index in [4.69, 9.17) is 9.47 Å². The molecule has 112 valence electrons. The molecule has 0 saturated carbocycles. The van der Waals surface area contributed by atoms with Gasteiger partial charge in [0.15, 0.2) is 0 Å². The molecule has 1 fully saturated rings. The first-order valence-electron chi connectivity index (χ1n) is 6.29. The Balaban J connectivity index is 1.75. The van der Waals surface area contributed by atoms with Crippen molar-refractivity contribution in [2.24, 2.45) is 0 Å². The maximum atomic E-state index is 12.9. The second-order valence-electron chi connectivity index (χ2n) is 4.22. The number of nitrogens with zero attached hydrogens (tertiary/aromatic N) is 1. The van der Waals surface area contributed by atoms with Gasteiger partial charge in [-0.05, 0) is 12.1 Å². The summed E-state index contributed by atoms with van der Waals surface area (Å²) < 4.78 is 50.8. The zero-order valence-electron chi connectivity index (χ0n) is 10.9. The summed E-state index contributed by atoms with van der Waals surface area (Å²) in [6.07, 6.45) is 0. The summed E-state index contributed by atoms with van der Waals surface area (Å²) in [5.41, 5.74) is 0. The highest BCUT2D eigenvalue weighted by molar-refractivity contribution is 7.87. The molecule has 0 amide bonds. The van der Waals surface area contributed by atoms with Gasteiger partial charge >= 0.3 is 0 Å². The van der Waals surface area contributed by atoms with E-state index in [1.807, 2.05) is 0 Å². The average molecular weight is 304 g/mol. The van der Waals surface area contributed by atoms with Gasteiger partial charge < -0.3 is 9.47 Å². The Kier molecular flexibility index (Phi) is 5.30. The Morgan fingerprint density at radius 2 is 2.10 bits per heavy atom. The predicted octanol–water partition coefficient (Wildman–Crippen LogP) is 0.371. The number of ether oxygens (including phenoxy) is 2. The summed E-state index contributed by atoms with van der Waals surface area (Å²) >= 11 is 0. The van der Waals surface area contributed by atoms with Crippen LogP contribution in [0.1, 0.15) is 0 Å². The number of rotatable bonds is 6. The SMILES string of the molecule is O=S(=O)(NCCOc1cccc(F)c1)N1CCOCC1. The van der Waals surface area contributed by atoms with Crippen LogP contribution < -0.4 is 9.46 Å². The average Bonchev–Trinajstić information content (AvgIpc) is 2.45. The molecule has 1 aliphatic rings. The largest absolute Gasteiger partial charge is 0.492 e. The minimum Gasteiger partial charge on any atom is -0.492 e. The molecule has 1 saturated heterocycles. The molecular weight excluding hydrogens is 287 g/mol. The zero-order valence-corrected chi connectivity index (χ0v) is 11.7. The third-order valence-corrected chi connectivity index (χ3v) is 4.38. The van der Waals surface area contributed by atoms with Crippen LogP contribution in [0.15, 0.2) is 24.3 Å². The van der Waals surface area contributed by atoms with E-state index in [9.17, 15) is 12.8 Å². The van der Waals surface area contributed by atoms with E-state index in [2.05, 4.69) is 4.72 Å². The highest BCUT2D eigenvalue weighted by atomic mass is 32.2. The fourth-order valence-corrected chi connectivity index (χ4v) is 2.93. The van der Waals surface area contributed by atoms with E-state index < -0.39 is 16.0 Å². The molecule has 0 aromatic heterocycles. The highest BCUT2D eigenvalue weighted by Crippen LogP contribution is 2.11. The maximum absolute atomic E-state index is 12.9. The lowest BCUT2D eigenvalue weighted by Crippen LogP contribution is -2.47. The van der Waals surface area contributed by atoms with Gasteiger partial charge in [-0.15, -0.1) is 0 Å². The van der Waals surface area contributed by atoms with Crippen LogP contribution in [-0.4, -0.2) is 52.2 Å². The molecule has 1 heterocycles. The van der Waals surface area contributed by atoms with E-state index in [0.29, 0.717) is 32.1 Å². The Morgan fingerprint density at radius 1 is 1.35 bits per heavy atom. The zero-order chi connectivity index (χ0) is 14.4. The van der Waals surface area contributed by atoms with Crippen LogP contribution in [0.5, 0.6) is 5.75 Å². The molecule has 1 aliphatic heterocycles. The first-order valence-corrected chi connectivity index (χ1v) is 7.73. The third-order valence-electron chi connectivity index (χ3n) is 2.76. The van der Waals surface area contributed by atoms with Crippen molar-refractivity contribution in [3.63, 3.8) is 0 Å². The van der Waals surface area contributed by atoms with Crippen LogP contribution in [0.3, 0.4) is 0 Å². The Bertz CT molecular complexity index is 532. The lowest BCUT2D eigenvalue weighted by Gasteiger charge is -2.26. The van der Waals surface area contributed by atoms with Crippen molar-refractivity contribution < 1.29 is 22.3 Å². The summed E-state index contributed by atoms with van der Waals surface area (Å²) in [5, 5.41) is 0. The van der Waals surface area contributed by atoms with E-state index >= 15 is 0 Å². The molecular formula is C12H17FN2O4S. The fourth-order valence-electron chi connectivity index (χ4n) is 1.77. The number of benzene rings is 1. The van der Waals surface area contributed by atoms with Crippen LogP contribution >= 0.6 is 0 Å². The maximum Gasteiger partial charge on any atom is 0.279 e. The molecule has 1 N–H and O–H groups in total. The molecule has 0 aliphatic carbocycles. The smallest absolute Gasteiger partial charge is 0.279 e. The molecule has 0 atom stereocenters. The van der Waals surface area contributed by atoms with Gasteiger partial charge in [-0.1, -0.05) is 6.07 Å². The molecule has 1 aromatic carbocycles. The predicted molar refractivity (Wildman–Crippen MR) is 71.2 cm³/mol. The van der Waals surface area contributed by atoms with Gasteiger partial charge in [0.05, 0.1) is 13.2 Å². The second-order valence-corrected chi connectivity index (χ2v) is 5.97. The Morgan fingerprint density at radius 3 is 2.80 bits per heavy atom. The van der Waals surface area contributed by atoms with Crippen LogP contribution in [0, 0.1) is 5.82 Å². The van der Waals surface area contributed by atoms with Crippen molar-refractivity contribution in [1.29, 1.82) is 0 Å². The quantitative estimate of drug-likeness (QED) is 0.771. The van der Waals surface area contributed by atoms with E-state index in [0.717, 1.165) is 0 Å². The van der Waals surface area contributed by atoms with Crippen molar-refractivity contribution >= 4 is 10.2 Å². The molecule has 20 heavy (non-hydrogen) atoms. The van der Waals surface area contributed by atoms with Crippen LogP contribution in [0.25, 0.3) is 0 Å². The van der Waals surface area contributed by atoms with E-state index in [-0.39, 0.29) is 13.2 Å². The molecule has 2 rings (SSSR count). The van der Waals surface area contributed by atoms with Crippen LogP contribution in [0.2, 0.25) is 0 Å². The molecule has 0 bridgehead atoms. The summed E-state index contributed by atoms with van der Waals surface area (Å²) in [6, 6.07) is 5.70. The summed E-state index contributed by atoms with van der Waals surface area (Å²) in [6.45, 7) is 1.75. The van der Waals surface area contributed by atoms with Crippen molar-refractivity contribution in [2.75, 3.05) is 39.5 Å². The molecule has 8 heteroatoms. The number of hydrogen-bond acceptors (Lipinski definition) is 4. The molecule has 0 spiro atoms. The second kappa shape index (κ2) is 6.98. The molecule has 1 aromatic rings. The lowest BCUT2D eigenvalue weighted by atomic mass is 10.3. The van der Waals surface area contributed by atoms with E-state index in [1.54, 1.807) is 6.07 Å². The van der Waals surface area contributed by atoms with Gasteiger partial charge in [0.25, 0.3) is 10.2 Å². The topological polar surface area (TPSA) is 67.9 Å². The number of halogens is 1. The molecule has 0 radical (unpaired) electrons. The van der Waals surface area contributed by atoms with Crippen molar-refractivity contribution in [3.05, 3.63) is 30.1 Å². The summed E-state index contributed by atoms with van der Waals surface area (Å²) in [7, 11) is -3.50. The highest BCUT2D eigenvalue weighted by Gasteiger charge is 2.23. The number of morpholine rings is 1. The first kappa shape index (κ1) is 15.2. The van der Waals surface area contributed by atoms with Crippen molar-refractivity contribution in [1.82, 2.24) is 9.03 Å². The third kappa shape index (κ3) is 4.41. The van der Waals surface area contributed by atoms with Gasteiger partial charge in [-0.2, -0.15) is 17.4 Å². The lowest BCUT2D eigenvalue weighted by molar-refractivity contribution is 0.0724. The molecule has 0 unspecified atom stereocenters. The van der Waals surface area contributed by atoms with Gasteiger partial charge in [-0.3, -0.25) is 0 Å². The van der Waals surface area contributed by atoms with Crippen LogP contribution in [-0.2, 0) is 14.9 Å². The molecule has 6 nitrogen and oxygen atoms in total. The monoisotopic (exact) mass is 304 g/mol. The van der Waals surface area contributed by atoms with Gasteiger partial charge in [0.2, 0.25) is 0 Å². The number of nitrogens with one attached hydrogen (secondary N) is 1. The number of hydrogen-bond donors (Lipinski definition) is 1. The van der Waals surface area contributed by atoms with E-state index in [1.165, 1.54) is 22.5 Å². The van der Waals surface area contributed by atoms with Gasteiger partial charge in [-0.25, -0.2) is 4.39 Å². The Hall–Kier alpha value is -1.22. The van der Waals surface area contributed by atoms with Gasteiger partial charge in [0.1, 0.15) is 18.2 Å². The summed E-state index contributed by atoms with van der Waals surface area (Å²) in [4.78, 5) is 0. The minimum absolute atomic E-state index is 0.121. The van der Waals surface area contributed by atoms with Gasteiger partial charge in [0, 0.05) is 25.7 Å².